The number of aromatic hydroxyl groups is 1. The van der Waals surface area contributed by atoms with Gasteiger partial charge in [0.1, 0.15) is 5.75 Å². The second kappa shape index (κ2) is 4.82. The second-order valence-corrected chi connectivity index (χ2v) is 4.27. The number of rotatable bonds is 2. The van der Waals surface area contributed by atoms with Crippen molar-refractivity contribution in [1.82, 2.24) is 4.90 Å². The van der Waals surface area contributed by atoms with Gasteiger partial charge in [0.2, 0.25) is 0 Å². The molecule has 0 aromatic heterocycles. The number of nitrogens with zero attached hydrogens (tertiary/aromatic N) is 1. The summed E-state index contributed by atoms with van der Waals surface area (Å²) >= 11 is 0. The number of phenols is 1. The Labute approximate surface area is 94.8 Å². The van der Waals surface area contributed by atoms with E-state index in [1.165, 1.54) is 0 Å². The van der Waals surface area contributed by atoms with Crippen LogP contribution in [0.4, 0.5) is 0 Å². The smallest absolute Gasteiger partial charge is 0.115 e. The van der Waals surface area contributed by atoms with E-state index in [-0.39, 0.29) is 18.4 Å². The van der Waals surface area contributed by atoms with Crippen LogP contribution in [0.1, 0.15) is 17.9 Å². The van der Waals surface area contributed by atoms with Gasteiger partial charge in [-0.3, -0.25) is 4.90 Å². The van der Waals surface area contributed by atoms with E-state index in [1.54, 1.807) is 12.1 Å². The van der Waals surface area contributed by atoms with Crippen molar-refractivity contribution in [2.75, 3.05) is 19.8 Å². The maximum Gasteiger partial charge on any atom is 0.115 e. The highest BCUT2D eigenvalue weighted by atomic mass is 16.3. The molecule has 3 N–H and O–H groups in total. The summed E-state index contributed by atoms with van der Waals surface area (Å²) in [6.45, 7) is 1.29. The van der Waals surface area contributed by atoms with Crippen LogP contribution in [0.5, 0.6) is 5.75 Å². The second-order valence-electron chi connectivity index (χ2n) is 4.27. The van der Waals surface area contributed by atoms with Gasteiger partial charge in [0.05, 0.1) is 12.8 Å². The Morgan fingerprint density at radius 1 is 1.25 bits per heavy atom. The quantitative estimate of drug-likeness (QED) is 0.683. The first-order chi connectivity index (χ1) is 7.70. The molecule has 0 aliphatic carbocycles. The Balaban J connectivity index is 2.08. The molecular formula is C12H17NO3. The zero-order valence-corrected chi connectivity index (χ0v) is 9.08. The lowest BCUT2D eigenvalue weighted by molar-refractivity contribution is 0.00772. The van der Waals surface area contributed by atoms with Crippen molar-refractivity contribution in [3.8, 4) is 5.75 Å². The molecule has 1 heterocycles. The van der Waals surface area contributed by atoms with Crippen LogP contribution in [0.25, 0.3) is 0 Å². The highest BCUT2D eigenvalue weighted by molar-refractivity contribution is 5.29. The molecule has 4 heteroatoms. The molecular weight excluding hydrogens is 206 g/mol. The molecule has 2 atom stereocenters. The molecule has 2 unspecified atom stereocenters. The fourth-order valence-corrected chi connectivity index (χ4v) is 2.24. The number of piperidine rings is 1. The molecule has 1 aromatic carbocycles. The molecule has 0 radical (unpaired) electrons. The van der Waals surface area contributed by atoms with E-state index in [9.17, 15) is 10.2 Å². The van der Waals surface area contributed by atoms with Crippen LogP contribution >= 0.6 is 0 Å². The van der Waals surface area contributed by atoms with E-state index in [2.05, 4.69) is 0 Å². The SMILES string of the molecule is OCN1CCC(c2ccc(O)cc2)C(O)C1. The van der Waals surface area contributed by atoms with Gasteiger partial charge in [-0.15, -0.1) is 0 Å². The Morgan fingerprint density at radius 3 is 2.50 bits per heavy atom. The third kappa shape index (κ3) is 2.35. The minimum absolute atomic E-state index is 0.000637. The molecule has 16 heavy (non-hydrogen) atoms. The molecule has 1 aliphatic rings. The van der Waals surface area contributed by atoms with Crippen molar-refractivity contribution in [3.63, 3.8) is 0 Å². The number of likely N-dealkylation sites (tertiary alicyclic amines) is 1. The average Bonchev–Trinajstić information content (AvgIpc) is 2.30. The van der Waals surface area contributed by atoms with Gasteiger partial charge in [-0.1, -0.05) is 12.1 Å². The first-order valence-electron chi connectivity index (χ1n) is 5.51. The summed E-state index contributed by atoms with van der Waals surface area (Å²) in [5, 5.41) is 28.2. The van der Waals surface area contributed by atoms with Gasteiger partial charge in [-0.25, -0.2) is 0 Å². The summed E-state index contributed by atoms with van der Waals surface area (Å²) in [5.74, 6) is 0.342. The predicted octanol–water partition coefficient (Wildman–Crippen LogP) is 0.492. The summed E-state index contributed by atoms with van der Waals surface area (Å²) in [7, 11) is 0. The lowest BCUT2D eigenvalue weighted by Crippen LogP contribution is -2.43. The summed E-state index contributed by atoms with van der Waals surface area (Å²) in [4.78, 5) is 1.82. The third-order valence-electron chi connectivity index (χ3n) is 3.19. The molecule has 88 valence electrons. The number of hydrogen-bond acceptors (Lipinski definition) is 4. The summed E-state index contributed by atoms with van der Waals surface area (Å²) < 4.78 is 0. The van der Waals surface area contributed by atoms with E-state index in [1.807, 2.05) is 17.0 Å². The van der Waals surface area contributed by atoms with Crippen LogP contribution in [0, 0.1) is 0 Å². The van der Waals surface area contributed by atoms with Gasteiger partial charge in [-0.2, -0.15) is 0 Å². The predicted molar refractivity (Wildman–Crippen MR) is 60.1 cm³/mol. The Morgan fingerprint density at radius 2 is 1.94 bits per heavy atom. The van der Waals surface area contributed by atoms with Crippen LogP contribution in [-0.4, -0.2) is 46.1 Å². The van der Waals surface area contributed by atoms with Gasteiger partial charge in [0.15, 0.2) is 0 Å². The standard InChI is InChI=1S/C12H17NO3/c14-8-13-6-5-11(12(16)7-13)9-1-3-10(15)4-2-9/h1-4,11-12,14-16H,5-8H2. The zero-order valence-electron chi connectivity index (χ0n) is 9.08. The first kappa shape index (κ1) is 11.4. The number of benzene rings is 1. The highest BCUT2D eigenvalue weighted by Crippen LogP contribution is 2.29. The lowest BCUT2D eigenvalue weighted by Gasteiger charge is -2.35. The van der Waals surface area contributed by atoms with Crippen LogP contribution in [-0.2, 0) is 0 Å². The first-order valence-corrected chi connectivity index (χ1v) is 5.51. The lowest BCUT2D eigenvalue weighted by atomic mass is 9.87. The molecule has 1 fully saturated rings. The number of phenolic OH excluding ortho intramolecular Hbond substituents is 1. The molecule has 1 saturated heterocycles. The molecule has 0 saturated carbocycles. The van der Waals surface area contributed by atoms with Crippen LogP contribution in [0.15, 0.2) is 24.3 Å². The van der Waals surface area contributed by atoms with Gasteiger partial charge < -0.3 is 15.3 Å². The average molecular weight is 223 g/mol. The Kier molecular flexibility index (Phi) is 3.43. The van der Waals surface area contributed by atoms with Gasteiger partial charge in [0.25, 0.3) is 0 Å². The van der Waals surface area contributed by atoms with E-state index in [0.29, 0.717) is 6.54 Å². The van der Waals surface area contributed by atoms with Crippen molar-refractivity contribution < 1.29 is 15.3 Å². The van der Waals surface area contributed by atoms with Crippen molar-refractivity contribution in [3.05, 3.63) is 29.8 Å². The number of hydrogen-bond donors (Lipinski definition) is 3. The molecule has 4 nitrogen and oxygen atoms in total. The highest BCUT2D eigenvalue weighted by Gasteiger charge is 2.28. The molecule has 1 aliphatic heterocycles. The normalized spacial score (nSPS) is 26.9. The van der Waals surface area contributed by atoms with Gasteiger partial charge in [0, 0.05) is 19.0 Å². The minimum atomic E-state index is -0.453. The molecule has 0 amide bonds. The summed E-state index contributed by atoms with van der Waals surface area (Å²) in [6.07, 6.45) is 0.373. The van der Waals surface area contributed by atoms with E-state index in [0.717, 1.165) is 18.5 Å². The molecule has 0 bridgehead atoms. The number of aliphatic hydroxyl groups is 2. The number of aliphatic hydroxyl groups excluding tert-OH is 2. The van der Waals surface area contributed by atoms with Crippen LogP contribution in [0.2, 0.25) is 0 Å². The van der Waals surface area contributed by atoms with Crippen molar-refractivity contribution >= 4 is 0 Å². The van der Waals surface area contributed by atoms with Crippen molar-refractivity contribution in [2.45, 2.75) is 18.4 Å². The summed E-state index contributed by atoms with van der Waals surface area (Å²) in [5.41, 5.74) is 1.04. The fourth-order valence-electron chi connectivity index (χ4n) is 2.24. The Hall–Kier alpha value is -1.10. The largest absolute Gasteiger partial charge is 0.508 e. The van der Waals surface area contributed by atoms with Crippen LogP contribution < -0.4 is 0 Å². The fraction of sp³-hybridized carbons (Fsp3) is 0.500. The monoisotopic (exact) mass is 223 g/mol. The maximum absolute atomic E-state index is 9.98. The topological polar surface area (TPSA) is 63.9 Å². The van der Waals surface area contributed by atoms with Gasteiger partial charge in [-0.05, 0) is 24.1 Å². The molecule has 0 spiro atoms. The van der Waals surface area contributed by atoms with E-state index >= 15 is 0 Å². The Bertz CT molecular complexity index is 339. The van der Waals surface area contributed by atoms with E-state index < -0.39 is 6.10 Å². The van der Waals surface area contributed by atoms with Crippen molar-refractivity contribution in [1.29, 1.82) is 0 Å². The van der Waals surface area contributed by atoms with E-state index in [4.69, 9.17) is 5.11 Å². The summed E-state index contributed by atoms with van der Waals surface area (Å²) in [6, 6.07) is 6.97. The van der Waals surface area contributed by atoms with Crippen LogP contribution in [0.3, 0.4) is 0 Å². The van der Waals surface area contributed by atoms with Crippen molar-refractivity contribution in [2.24, 2.45) is 0 Å². The zero-order chi connectivity index (χ0) is 11.5. The number of β-amino-alcohol motifs (C(OH)–C–C–N with tert-alkyl or cyclic N) is 1. The van der Waals surface area contributed by atoms with Gasteiger partial charge >= 0.3 is 0 Å². The molecule has 1 aromatic rings. The molecule has 2 rings (SSSR count). The third-order valence-corrected chi connectivity index (χ3v) is 3.19. The minimum Gasteiger partial charge on any atom is -0.508 e. The maximum atomic E-state index is 9.98.